The van der Waals surface area contributed by atoms with Gasteiger partial charge in [0.2, 0.25) is 5.91 Å². The van der Waals surface area contributed by atoms with Crippen molar-refractivity contribution in [2.24, 2.45) is 0 Å². The van der Waals surface area contributed by atoms with Gasteiger partial charge in [0.1, 0.15) is 0 Å². The van der Waals surface area contributed by atoms with E-state index in [1.54, 1.807) is 0 Å². The van der Waals surface area contributed by atoms with Crippen LogP contribution in [0.2, 0.25) is 0 Å². The van der Waals surface area contributed by atoms with Crippen LogP contribution >= 0.6 is 0 Å². The summed E-state index contributed by atoms with van der Waals surface area (Å²) < 4.78 is 11.2. The molecule has 0 spiro atoms. The Morgan fingerprint density at radius 1 is 1.15 bits per heavy atom. The molecule has 0 aliphatic rings. The van der Waals surface area contributed by atoms with Crippen LogP contribution in [0.5, 0.6) is 11.5 Å². The first-order chi connectivity index (χ1) is 12.5. The first kappa shape index (κ1) is 19.6. The molecular formula is C20H26N2O4. The van der Waals surface area contributed by atoms with Gasteiger partial charge >= 0.3 is 0 Å². The Morgan fingerprint density at radius 2 is 1.85 bits per heavy atom. The van der Waals surface area contributed by atoms with E-state index in [9.17, 15) is 9.59 Å². The fourth-order valence-corrected chi connectivity index (χ4v) is 2.64. The Bertz CT molecular complexity index is 799. The molecule has 6 nitrogen and oxygen atoms in total. The second kappa shape index (κ2) is 9.65. The lowest BCUT2D eigenvalue weighted by Crippen LogP contribution is -2.28. The molecule has 1 amide bonds. The molecule has 0 fully saturated rings. The van der Waals surface area contributed by atoms with Gasteiger partial charge in [0, 0.05) is 24.2 Å². The van der Waals surface area contributed by atoms with Crippen LogP contribution in [0.15, 0.2) is 35.1 Å². The third-order valence-corrected chi connectivity index (χ3v) is 3.91. The number of aryl methyl sites for hydroxylation is 2. The maximum absolute atomic E-state index is 12.0. The van der Waals surface area contributed by atoms with Crippen LogP contribution < -0.4 is 20.3 Å². The van der Waals surface area contributed by atoms with Crippen LogP contribution in [0, 0.1) is 13.8 Å². The second-order valence-electron chi connectivity index (χ2n) is 6.05. The van der Waals surface area contributed by atoms with E-state index in [1.807, 2.05) is 51.1 Å². The SMILES string of the molecule is CCOc1ccccc1OCCCC(=O)NCc1c(C)cc(C)[nH]c1=O. The number of nitrogens with one attached hydrogen (secondary N) is 2. The second-order valence-corrected chi connectivity index (χ2v) is 6.05. The van der Waals surface area contributed by atoms with E-state index in [1.165, 1.54) is 0 Å². The van der Waals surface area contributed by atoms with Gasteiger partial charge in [-0.05, 0) is 51.0 Å². The summed E-state index contributed by atoms with van der Waals surface area (Å²) in [5, 5.41) is 2.79. The van der Waals surface area contributed by atoms with Crippen LogP contribution in [0.4, 0.5) is 0 Å². The number of hydrogen-bond acceptors (Lipinski definition) is 4. The van der Waals surface area contributed by atoms with Crippen molar-refractivity contribution in [2.75, 3.05) is 13.2 Å². The van der Waals surface area contributed by atoms with Crippen LogP contribution in [0.3, 0.4) is 0 Å². The fraction of sp³-hybridized carbons (Fsp3) is 0.400. The lowest BCUT2D eigenvalue weighted by molar-refractivity contribution is -0.121. The van der Waals surface area contributed by atoms with Gasteiger partial charge in [0.25, 0.3) is 5.56 Å². The predicted octanol–water partition coefficient (Wildman–Crippen LogP) is 2.87. The molecule has 0 saturated carbocycles. The van der Waals surface area contributed by atoms with E-state index in [-0.39, 0.29) is 18.0 Å². The molecule has 2 rings (SSSR count). The molecule has 0 atom stereocenters. The van der Waals surface area contributed by atoms with Gasteiger partial charge in [-0.1, -0.05) is 12.1 Å². The molecule has 6 heteroatoms. The van der Waals surface area contributed by atoms with Crippen molar-refractivity contribution in [3.05, 3.63) is 57.5 Å². The van der Waals surface area contributed by atoms with Crippen molar-refractivity contribution >= 4 is 5.91 Å². The number of aromatic amines is 1. The molecule has 0 bridgehead atoms. The molecule has 1 aromatic carbocycles. The zero-order valence-corrected chi connectivity index (χ0v) is 15.6. The first-order valence-corrected chi connectivity index (χ1v) is 8.82. The molecule has 0 aliphatic carbocycles. The maximum atomic E-state index is 12.0. The average molecular weight is 358 g/mol. The normalized spacial score (nSPS) is 10.4. The number of benzene rings is 1. The van der Waals surface area contributed by atoms with Crippen LogP contribution in [-0.2, 0) is 11.3 Å². The van der Waals surface area contributed by atoms with Gasteiger partial charge in [0.05, 0.1) is 13.2 Å². The molecular weight excluding hydrogens is 332 g/mol. The number of rotatable bonds is 9. The number of pyridine rings is 1. The Balaban J connectivity index is 1.76. The van der Waals surface area contributed by atoms with Gasteiger partial charge in [-0.25, -0.2) is 0 Å². The Labute approximate surface area is 153 Å². The molecule has 1 heterocycles. The number of para-hydroxylation sites is 2. The first-order valence-electron chi connectivity index (χ1n) is 8.82. The maximum Gasteiger partial charge on any atom is 0.253 e. The summed E-state index contributed by atoms with van der Waals surface area (Å²) in [6, 6.07) is 9.36. The Hall–Kier alpha value is -2.76. The molecule has 0 aliphatic heterocycles. The van der Waals surface area contributed by atoms with Crippen molar-refractivity contribution in [1.82, 2.24) is 10.3 Å². The van der Waals surface area contributed by atoms with Gasteiger partial charge in [-0.2, -0.15) is 0 Å². The molecule has 1 aromatic heterocycles. The summed E-state index contributed by atoms with van der Waals surface area (Å²) in [7, 11) is 0. The number of H-pyrrole nitrogens is 1. The minimum absolute atomic E-state index is 0.105. The Morgan fingerprint density at radius 3 is 2.50 bits per heavy atom. The number of carbonyl (C=O) groups excluding carboxylic acids is 1. The molecule has 2 N–H and O–H groups in total. The lowest BCUT2D eigenvalue weighted by atomic mass is 10.1. The highest BCUT2D eigenvalue weighted by Crippen LogP contribution is 2.26. The minimum Gasteiger partial charge on any atom is -0.490 e. The molecule has 2 aromatic rings. The predicted molar refractivity (Wildman–Crippen MR) is 101 cm³/mol. The topological polar surface area (TPSA) is 80.4 Å². The number of ether oxygens (including phenoxy) is 2. The average Bonchev–Trinajstić information content (AvgIpc) is 2.59. The third kappa shape index (κ3) is 5.65. The zero-order chi connectivity index (χ0) is 18.9. The standard InChI is InChI=1S/C20H26N2O4/c1-4-25-17-8-5-6-9-18(17)26-11-7-10-19(23)21-13-16-14(2)12-15(3)22-20(16)24/h5-6,8-9,12H,4,7,10-11,13H2,1-3H3,(H,21,23)(H,22,24). The fourth-order valence-electron chi connectivity index (χ4n) is 2.64. The number of carbonyl (C=O) groups is 1. The molecule has 26 heavy (non-hydrogen) atoms. The van der Waals surface area contributed by atoms with Crippen molar-refractivity contribution in [1.29, 1.82) is 0 Å². The quantitative estimate of drug-likeness (QED) is 0.676. The summed E-state index contributed by atoms with van der Waals surface area (Å²) in [6.45, 7) is 6.84. The van der Waals surface area contributed by atoms with Gasteiger partial charge < -0.3 is 19.8 Å². The number of amides is 1. The monoisotopic (exact) mass is 358 g/mol. The van der Waals surface area contributed by atoms with E-state index in [0.29, 0.717) is 43.1 Å². The molecule has 0 radical (unpaired) electrons. The van der Waals surface area contributed by atoms with Gasteiger partial charge in [-0.15, -0.1) is 0 Å². The van der Waals surface area contributed by atoms with E-state index in [2.05, 4.69) is 10.3 Å². The molecule has 0 saturated heterocycles. The van der Waals surface area contributed by atoms with E-state index < -0.39 is 0 Å². The molecule has 140 valence electrons. The molecule has 0 unspecified atom stereocenters. The Kier molecular flexibility index (Phi) is 7.26. The van der Waals surface area contributed by atoms with Crippen LogP contribution in [-0.4, -0.2) is 24.1 Å². The van der Waals surface area contributed by atoms with E-state index in [0.717, 1.165) is 11.3 Å². The van der Waals surface area contributed by atoms with Crippen molar-refractivity contribution in [3.8, 4) is 11.5 Å². The van der Waals surface area contributed by atoms with E-state index in [4.69, 9.17) is 9.47 Å². The van der Waals surface area contributed by atoms with Crippen LogP contribution in [0.25, 0.3) is 0 Å². The highest BCUT2D eigenvalue weighted by molar-refractivity contribution is 5.75. The van der Waals surface area contributed by atoms with Crippen molar-refractivity contribution in [3.63, 3.8) is 0 Å². The van der Waals surface area contributed by atoms with Gasteiger partial charge in [-0.3, -0.25) is 9.59 Å². The van der Waals surface area contributed by atoms with E-state index >= 15 is 0 Å². The smallest absolute Gasteiger partial charge is 0.253 e. The summed E-state index contributed by atoms with van der Waals surface area (Å²) in [6.07, 6.45) is 0.912. The highest BCUT2D eigenvalue weighted by atomic mass is 16.5. The number of hydrogen-bond donors (Lipinski definition) is 2. The van der Waals surface area contributed by atoms with Crippen molar-refractivity contribution < 1.29 is 14.3 Å². The van der Waals surface area contributed by atoms with Crippen molar-refractivity contribution in [2.45, 2.75) is 40.2 Å². The number of aromatic nitrogens is 1. The highest BCUT2D eigenvalue weighted by Gasteiger charge is 2.08. The zero-order valence-electron chi connectivity index (χ0n) is 15.6. The largest absolute Gasteiger partial charge is 0.490 e. The summed E-state index contributed by atoms with van der Waals surface area (Å²) >= 11 is 0. The van der Waals surface area contributed by atoms with Crippen LogP contribution in [0.1, 0.15) is 36.6 Å². The lowest BCUT2D eigenvalue weighted by Gasteiger charge is -2.11. The summed E-state index contributed by atoms with van der Waals surface area (Å²) in [5.74, 6) is 1.27. The summed E-state index contributed by atoms with van der Waals surface area (Å²) in [5.41, 5.74) is 2.12. The summed E-state index contributed by atoms with van der Waals surface area (Å²) in [4.78, 5) is 26.7. The third-order valence-electron chi connectivity index (χ3n) is 3.91. The minimum atomic E-state index is -0.154. The van der Waals surface area contributed by atoms with Gasteiger partial charge in [0.15, 0.2) is 11.5 Å².